The van der Waals surface area contributed by atoms with Gasteiger partial charge in [-0.1, -0.05) is 13.0 Å². The van der Waals surface area contributed by atoms with Gasteiger partial charge in [-0.05, 0) is 42.5 Å². The minimum Gasteiger partial charge on any atom is -0.392 e. The number of hydrogen-bond acceptors (Lipinski definition) is 4. The highest BCUT2D eigenvalue weighted by Crippen LogP contribution is 2.26. The van der Waals surface area contributed by atoms with Crippen LogP contribution in [-0.4, -0.2) is 44.1 Å². The molecule has 2 unspecified atom stereocenters. The first-order valence-electron chi connectivity index (χ1n) is 7.13. The van der Waals surface area contributed by atoms with Crippen LogP contribution in [0.5, 0.6) is 0 Å². The second-order valence-electron chi connectivity index (χ2n) is 5.65. The van der Waals surface area contributed by atoms with Gasteiger partial charge in [0.1, 0.15) is 0 Å². The molecule has 0 spiro atoms. The predicted molar refractivity (Wildman–Crippen MR) is 80.4 cm³/mol. The van der Waals surface area contributed by atoms with Crippen molar-refractivity contribution in [3.63, 3.8) is 0 Å². The summed E-state index contributed by atoms with van der Waals surface area (Å²) in [5.41, 5.74) is 1.53. The van der Waals surface area contributed by atoms with Gasteiger partial charge in [0, 0.05) is 20.2 Å². The van der Waals surface area contributed by atoms with Gasteiger partial charge >= 0.3 is 0 Å². The van der Waals surface area contributed by atoms with E-state index in [1.165, 1.54) is 4.31 Å². The first-order chi connectivity index (χ1) is 9.90. The van der Waals surface area contributed by atoms with E-state index in [4.69, 9.17) is 4.74 Å². The second-order valence-corrected chi connectivity index (χ2v) is 7.59. The van der Waals surface area contributed by atoms with Crippen LogP contribution in [0.1, 0.15) is 24.5 Å². The summed E-state index contributed by atoms with van der Waals surface area (Å²) in [6.07, 6.45) is 0.715. The summed E-state index contributed by atoms with van der Waals surface area (Å²) in [5.74, 6) is 0.354. The number of ether oxygens (including phenoxy) is 1. The lowest BCUT2D eigenvalue weighted by atomic mass is 9.97. The van der Waals surface area contributed by atoms with Gasteiger partial charge in [0.25, 0.3) is 0 Å². The molecule has 6 heteroatoms. The van der Waals surface area contributed by atoms with Crippen molar-refractivity contribution >= 4 is 10.0 Å². The lowest BCUT2D eigenvalue weighted by Gasteiger charge is -2.35. The summed E-state index contributed by atoms with van der Waals surface area (Å²) in [5, 5.41) is 9.31. The second kappa shape index (κ2) is 6.44. The molecule has 1 aliphatic heterocycles. The zero-order chi connectivity index (χ0) is 15.6. The van der Waals surface area contributed by atoms with Crippen LogP contribution < -0.4 is 0 Å². The molecule has 21 heavy (non-hydrogen) atoms. The Kier molecular flexibility index (Phi) is 5.03. The molecule has 0 aromatic heterocycles. The molecule has 0 radical (unpaired) electrons. The van der Waals surface area contributed by atoms with E-state index in [0.717, 1.165) is 12.0 Å². The van der Waals surface area contributed by atoms with E-state index in [2.05, 4.69) is 6.92 Å². The molecule has 0 aliphatic carbocycles. The minimum absolute atomic E-state index is 0.0729. The first-order valence-corrected chi connectivity index (χ1v) is 8.57. The average molecular weight is 313 g/mol. The van der Waals surface area contributed by atoms with E-state index in [1.54, 1.807) is 25.3 Å². The molecule has 0 saturated carbocycles. The zero-order valence-corrected chi connectivity index (χ0v) is 13.6. The van der Waals surface area contributed by atoms with Gasteiger partial charge in [-0.15, -0.1) is 0 Å². The average Bonchev–Trinajstić information content (AvgIpc) is 2.47. The quantitative estimate of drug-likeness (QED) is 0.915. The Morgan fingerprint density at radius 2 is 2.14 bits per heavy atom. The Morgan fingerprint density at radius 1 is 1.43 bits per heavy atom. The molecule has 1 fully saturated rings. The van der Waals surface area contributed by atoms with Crippen molar-refractivity contribution in [2.45, 2.75) is 37.9 Å². The zero-order valence-electron chi connectivity index (χ0n) is 12.7. The van der Waals surface area contributed by atoms with Crippen LogP contribution in [0.2, 0.25) is 0 Å². The third-order valence-corrected chi connectivity index (χ3v) is 6.14. The maximum atomic E-state index is 12.7. The van der Waals surface area contributed by atoms with Crippen molar-refractivity contribution in [3.05, 3.63) is 29.3 Å². The van der Waals surface area contributed by atoms with Crippen LogP contribution >= 0.6 is 0 Å². The molecule has 0 amide bonds. The molecule has 1 saturated heterocycles. The highest BCUT2D eigenvalue weighted by Gasteiger charge is 2.33. The van der Waals surface area contributed by atoms with Crippen molar-refractivity contribution in [1.82, 2.24) is 4.31 Å². The van der Waals surface area contributed by atoms with Crippen LogP contribution in [0.15, 0.2) is 23.1 Å². The standard InChI is InChI=1S/C15H23NO4S/c1-11-4-5-14(8-13(11)10-17)21(18,19)16-7-6-12(2)15(9-16)20-3/h4-5,8,12,15,17H,6-7,9-10H2,1-3H3. The number of aryl methyl sites for hydroxylation is 1. The fraction of sp³-hybridized carbons (Fsp3) is 0.600. The number of hydrogen-bond donors (Lipinski definition) is 1. The summed E-state index contributed by atoms with van der Waals surface area (Å²) in [6, 6.07) is 4.90. The van der Waals surface area contributed by atoms with Crippen LogP contribution in [0.3, 0.4) is 0 Å². The van der Waals surface area contributed by atoms with Gasteiger partial charge in [-0.2, -0.15) is 4.31 Å². The number of benzene rings is 1. The Morgan fingerprint density at radius 3 is 2.76 bits per heavy atom. The van der Waals surface area contributed by atoms with Crippen molar-refractivity contribution in [1.29, 1.82) is 0 Å². The van der Waals surface area contributed by atoms with E-state index in [9.17, 15) is 13.5 Å². The number of piperidine rings is 1. The van der Waals surface area contributed by atoms with Crippen molar-refractivity contribution < 1.29 is 18.3 Å². The van der Waals surface area contributed by atoms with Crippen molar-refractivity contribution in [3.8, 4) is 0 Å². The number of rotatable bonds is 4. The molecule has 118 valence electrons. The Hall–Kier alpha value is -0.950. The number of aliphatic hydroxyl groups is 1. The molecule has 1 aliphatic rings. The Labute approximate surface area is 126 Å². The topological polar surface area (TPSA) is 66.8 Å². The van der Waals surface area contributed by atoms with E-state index in [1.807, 2.05) is 6.92 Å². The summed E-state index contributed by atoms with van der Waals surface area (Å²) >= 11 is 0. The normalized spacial score (nSPS) is 24.2. The van der Waals surface area contributed by atoms with Gasteiger partial charge in [0.2, 0.25) is 10.0 Å². The summed E-state index contributed by atoms with van der Waals surface area (Å²) in [6.45, 7) is 4.65. The fourth-order valence-electron chi connectivity index (χ4n) is 2.66. The molecule has 0 bridgehead atoms. The van der Waals surface area contributed by atoms with Crippen LogP contribution in [0.25, 0.3) is 0 Å². The van der Waals surface area contributed by atoms with Gasteiger partial charge in [0.05, 0.1) is 17.6 Å². The number of sulfonamides is 1. The van der Waals surface area contributed by atoms with Crippen molar-refractivity contribution in [2.24, 2.45) is 5.92 Å². The lowest BCUT2D eigenvalue weighted by Crippen LogP contribution is -2.46. The van der Waals surface area contributed by atoms with Gasteiger partial charge in [-0.3, -0.25) is 0 Å². The molecule has 1 N–H and O–H groups in total. The third-order valence-electron chi connectivity index (χ3n) is 4.28. The summed E-state index contributed by atoms with van der Waals surface area (Å²) < 4.78 is 32.3. The van der Waals surface area contributed by atoms with Crippen LogP contribution in [0, 0.1) is 12.8 Å². The highest BCUT2D eigenvalue weighted by atomic mass is 32.2. The van der Waals surface area contributed by atoms with Crippen LogP contribution in [0.4, 0.5) is 0 Å². The fourth-order valence-corrected chi connectivity index (χ4v) is 4.18. The SMILES string of the molecule is COC1CN(S(=O)(=O)c2ccc(C)c(CO)c2)CCC1C. The minimum atomic E-state index is -3.54. The monoisotopic (exact) mass is 313 g/mol. The third kappa shape index (κ3) is 3.29. The number of methoxy groups -OCH3 is 1. The largest absolute Gasteiger partial charge is 0.392 e. The van der Waals surface area contributed by atoms with Crippen LogP contribution in [-0.2, 0) is 21.4 Å². The maximum absolute atomic E-state index is 12.7. The molecule has 2 atom stereocenters. The molecule has 1 heterocycles. The van der Waals surface area contributed by atoms with Gasteiger partial charge in [-0.25, -0.2) is 8.42 Å². The lowest BCUT2D eigenvalue weighted by molar-refractivity contribution is 0.0184. The van der Waals surface area contributed by atoms with E-state index < -0.39 is 10.0 Å². The van der Waals surface area contributed by atoms with E-state index >= 15 is 0 Å². The summed E-state index contributed by atoms with van der Waals surface area (Å²) in [4.78, 5) is 0.238. The number of aliphatic hydroxyl groups excluding tert-OH is 1. The van der Waals surface area contributed by atoms with Gasteiger partial charge < -0.3 is 9.84 Å². The molecule has 1 aromatic rings. The Bertz CT molecular complexity index is 600. The van der Waals surface area contributed by atoms with Crippen molar-refractivity contribution in [2.75, 3.05) is 20.2 Å². The van der Waals surface area contributed by atoms with E-state index in [0.29, 0.717) is 24.6 Å². The molecule has 2 rings (SSSR count). The maximum Gasteiger partial charge on any atom is 0.243 e. The number of nitrogens with zero attached hydrogens (tertiary/aromatic N) is 1. The van der Waals surface area contributed by atoms with Gasteiger partial charge in [0.15, 0.2) is 0 Å². The predicted octanol–water partition coefficient (Wildman–Crippen LogP) is 1.53. The van der Waals surface area contributed by atoms with E-state index in [-0.39, 0.29) is 17.6 Å². The highest BCUT2D eigenvalue weighted by molar-refractivity contribution is 7.89. The molecule has 1 aromatic carbocycles. The Balaban J connectivity index is 2.30. The molecular weight excluding hydrogens is 290 g/mol. The first kappa shape index (κ1) is 16.4. The summed E-state index contributed by atoms with van der Waals surface area (Å²) in [7, 11) is -1.92. The smallest absolute Gasteiger partial charge is 0.243 e. The molecule has 5 nitrogen and oxygen atoms in total. The molecular formula is C15H23NO4S.